The van der Waals surface area contributed by atoms with Gasteiger partial charge in [0.25, 0.3) is 5.91 Å². The summed E-state index contributed by atoms with van der Waals surface area (Å²) in [6, 6.07) is 9.26. The predicted octanol–water partition coefficient (Wildman–Crippen LogP) is 3.88. The summed E-state index contributed by atoms with van der Waals surface area (Å²) in [5.74, 6) is 2.73. The molecule has 4 rings (SSSR count). The van der Waals surface area contributed by atoms with Gasteiger partial charge in [0.2, 0.25) is 18.4 Å². The maximum atomic E-state index is 13.5. The number of hydrogen-bond acceptors (Lipinski definition) is 7. The lowest BCUT2D eigenvalue weighted by molar-refractivity contribution is -0.122. The highest BCUT2D eigenvalue weighted by Crippen LogP contribution is 2.41. The summed E-state index contributed by atoms with van der Waals surface area (Å²) in [6.45, 7) is 7.47. The first-order valence-electron chi connectivity index (χ1n) is 13.4. The van der Waals surface area contributed by atoms with E-state index < -0.39 is 0 Å². The Morgan fingerprint density at radius 1 is 1.11 bits per heavy atom. The first kappa shape index (κ1) is 27.6. The Morgan fingerprint density at radius 3 is 2.79 bits per heavy atom. The highest BCUT2D eigenvalue weighted by molar-refractivity contribution is 5.96. The van der Waals surface area contributed by atoms with E-state index in [1.165, 1.54) is 0 Å². The molecule has 2 aromatic rings. The third-order valence-electron chi connectivity index (χ3n) is 6.72. The first-order valence-corrected chi connectivity index (χ1v) is 13.4. The second kappa shape index (κ2) is 13.4. The zero-order chi connectivity index (χ0) is 26.9. The molecule has 0 saturated carbocycles. The molecule has 2 amide bonds. The van der Waals surface area contributed by atoms with Crippen LogP contribution in [0.3, 0.4) is 0 Å². The van der Waals surface area contributed by atoms with E-state index in [9.17, 15) is 9.59 Å². The van der Waals surface area contributed by atoms with Gasteiger partial charge in [-0.1, -0.05) is 19.9 Å². The van der Waals surface area contributed by atoms with Gasteiger partial charge < -0.3 is 29.6 Å². The summed E-state index contributed by atoms with van der Waals surface area (Å²) < 4.78 is 22.6. The summed E-state index contributed by atoms with van der Waals surface area (Å²) in [6.07, 6.45) is 3.71. The molecule has 0 aromatic heterocycles. The Bertz CT molecular complexity index is 1120. The summed E-state index contributed by atoms with van der Waals surface area (Å²) in [5, 5.41) is 6.07. The Kier molecular flexibility index (Phi) is 9.70. The maximum absolute atomic E-state index is 13.5. The van der Waals surface area contributed by atoms with E-state index in [2.05, 4.69) is 29.4 Å². The molecule has 0 saturated heterocycles. The van der Waals surface area contributed by atoms with Crippen molar-refractivity contribution in [1.82, 2.24) is 15.5 Å². The average Bonchev–Trinajstić information content (AvgIpc) is 3.38. The van der Waals surface area contributed by atoms with Crippen molar-refractivity contribution in [3.63, 3.8) is 0 Å². The van der Waals surface area contributed by atoms with Crippen LogP contribution in [0.4, 0.5) is 0 Å². The number of nitrogens with one attached hydrogen (secondary N) is 2. The van der Waals surface area contributed by atoms with Gasteiger partial charge in [0.15, 0.2) is 11.5 Å². The van der Waals surface area contributed by atoms with E-state index >= 15 is 0 Å². The first-order chi connectivity index (χ1) is 18.4. The van der Waals surface area contributed by atoms with Gasteiger partial charge in [0, 0.05) is 30.8 Å². The lowest BCUT2D eigenvalue weighted by Crippen LogP contribution is -2.38. The van der Waals surface area contributed by atoms with E-state index in [4.69, 9.17) is 18.9 Å². The van der Waals surface area contributed by atoms with Crippen LogP contribution < -0.4 is 29.6 Å². The Labute approximate surface area is 224 Å². The van der Waals surface area contributed by atoms with Gasteiger partial charge >= 0.3 is 0 Å². The van der Waals surface area contributed by atoms with Gasteiger partial charge in [-0.15, -0.1) is 0 Å². The molecule has 9 heteroatoms. The molecule has 0 fully saturated rings. The van der Waals surface area contributed by atoms with Gasteiger partial charge in [-0.3, -0.25) is 14.5 Å². The topological polar surface area (TPSA) is 98.4 Å². The van der Waals surface area contributed by atoms with E-state index in [0.717, 1.165) is 43.4 Å². The number of fused-ring (bicyclic) bond motifs is 2. The van der Waals surface area contributed by atoms with Crippen molar-refractivity contribution in [2.75, 3.05) is 40.1 Å². The van der Waals surface area contributed by atoms with Crippen molar-refractivity contribution in [3.8, 4) is 23.0 Å². The predicted molar refractivity (Wildman–Crippen MR) is 144 cm³/mol. The Hall–Kier alpha value is -3.46. The van der Waals surface area contributed by atoms with Crippen LogP contribution in [0.15, 0.2) is 30.3 Å². The number of benzene rings is 2. The number of hydrogen-bond donors (Lipinski definition) is 2. The molecule has 0 bridgehead atoms. The lowest BCUT2D eigenvalue weighted by Gasteiger charge is -2.25. The molecule has 2 aliphatic heterocycles. The number of amides is 2. The molecule has 0 radical (unpaired) electrons. The van der Waals surface area contributed by atoms with Crippen molar-refractivity contribution in [2.45, 2.75) is 52.6 Å². The normalized spacial score (nSPS) is 16.4. The van der Waals surface area contributed by atoms with Crippen LogP contribution in [-0.4, -0.2) is 56.9 Å². The summed E-state index contributed by atoms with van der Waals surface area (Å²) in [4.78, 5) is 28.3. The van der Waals surface area contributed by atoms with E-state index in [1.54, 1.807) is 7.11 Å². The van der Waals surface area contributed by atoms with Crippen molar-refractivity contribution >= 4 is 11.8 Å². The Morgan fingerprint density at radius 2 is 1.97 bits per heavy atom. The van der Waals surface area contributed by atoms with Gasteiger partial charge in [-0.2, -0.15) is 0 Å². The quantitative estimate of drug-likeness (QED) is 0.566. The van der Waals surface area contributed by atoms with Crippen LogP contribution in [0.5, 0.6) is 23.0 Å². The monoisotopic (exact) mass is 525 g/mol. The second-order valence-electron chi connectivity index (χ2n) is 10.1. The van der Waals surface area contributed by atoms with Crippen LogP contribution >= 0.6 is 0 Å². The van der Waals surface area contributed by atoms with Crippen LogP contribution in [0.1, 0.15) is 61.0 Å². The Balaban J connectivity index is 1.57. The van der Waals surface area contributed by atoms with Crippen LogP contribution in [0, 0.1) is 5.92 Å². The number of nitrogens with zero attached hydrogens (tertiary/aromatic N) is 1. The van der Waals surface area contributed by atoms with Crippen LogP contribution in [0.2, 0.25) is 0 Å². The number of ether oxygens (including phenoxy) is 4. The fourth-order valence-corrected chi connectivity index (χ4v) is 4.59. The van der Waals surface area contributed by atoms with E-state index in [0.29, 0.717) is 54.2 Å². The average molecular weight is 526 g/mol. The molecule has 2 aliphatic rings. The zero-order valence-corrected chi connectivity index (χ0v) is 22.6. The maximum Gasteiger partial charge on any atom is 0.252 e. The fourth-order valence-electron chi connectivity index (χ4n) is 4.59. The van der Waals surface area contributed by atoms with Crippen LogP contribution in [0.25, 0.3) is 0 Å². The molecule has 2 heterocycles. The SMILES string of the molecule is COc1cc(CNC(=O)c2cccc3c2CN(CCC(C)C)CC(=O)NCCCCCO3)cc2c1OCO2. The van der Waals surface area contributed by atoms with E-state index in [1.807, 2.05) is 30.3 Å². The third kappa shape index (κ3) is 7.31. The molecule has 0 unspecified atom stereocenters. The van der Waals surface area contributed by atoms with Crippen molar-refractivity contribution < 1.29 is 28.5 Å². The zero-order valence-electron chi connectivity index (χ0n) is 22.6. The van der Waals surface area contributed by atoms with Gasteiger partial charge in [0.05, 0.1) is 20.3 Å². The summed E-state index contributed by atoms with van der Waals surface area (Å²) in [7, 11) is 1.57. The molecule has 38 heavy (non-hydrogen) atoms. The minimum atomic E-state index is -0.209. The highest BCUT2D eigenvalue weighted by atomic mass is 16.7. The number of rotatable bonds is 7. The lowest BCUT2D eigenvalue weighted by atomic mass is 10.0. The fraction of sp³-hybridized carbons (Fsp3) is 0.517. The molecule has 0 spiro atoms. The van der Waals surface area contributed by atoms with E-state index in [-0.39, 0.29) is 31.7 Å². The number of methoxy groups -OCH3 is 1. The van der Waals surface area contributed by atoms with Crippen molar-refractivity contribution in [3.05, 3.63) is 47.0 Å². The molecule has 0 atom stereocenters. The molecule has 0 aliphatic carbocycles. The van der Waals surface area contributed by atoms with Gasteiger partial charge in [0.1, 0.15) is 5.75 Å². The summed E-state index contributed by atoms with van der Waals surface area (Å²) >= 11 is 0. The molecule has 2 aromatic carbocycles. The number of carbonyl (C=O) groups is 2. The second-order valence-corrected chi connectivity index (χ2v) is 10.1. The molecule has 206 valence electrons. The standard InChI is InChI=1S/C29H39N3O6/c1-20(2)10-12-32-17-23-22(8-7-9-24(23)36-13-6-4-5-11-30-27(33)18-32)29(34)31-16-21-14-25(35-3)28-26(15-21)37-19-38-28/h7-9,14-15,20H,4-6,10-13,16-19H2,1-3H3,(H,30,33)(H,31,34). The minimum Gasteiger partial charge on any atom is -0.493 e. The third-order valence-corrected chi connectivity index (χ3v) is 6.72. The van der Waals surface area contributed by atoms with Gasteiger partial charge in [-0.05, 0) is 68.0 Å². The molecular weight excluding hydrogens is 486 g/mol. The highest BCUT2D eigenvalue weighted by Gasteiger charge is 2.23. The van der Waals surface area contributed by atoms with Gasteiger partial charge in [-0.25, -0.2) is 0 Å². The summed E-state index contributed by atoms with van der Waals surface area (Å²) in [5.41, 5.74) is 2.17. The molecule has 2 N–H and O–H groups in total. The molecular formula is C29H39N3O6. The minimum absolute atomic E-state index is 0.00848. The van der Waals surface area contributed by atoms with Crippen molar-refractivity contribution in [1.29, 1.82) is 0 Å². The van der Waals surface area contributed by atoms with Crippen molar-refractivity contribution in [2.24, 2.45) is 5.92 Å². The smallest absolute Gasteiger partial charge is 0.252 e. The molecule has 9 nitrogen and oxygen atoms in total. The van der Waals surface area contributed by atoms with Crippen LogP contribution in [-0.2, 0) is 17.9 Å². The number of carbonyl (C=O) groups excluding carboxylic acids is 2. The largest absolute Gasteiger partial charge is 0.493 e.